The first-order chi connectivity index (χ1) is 10.9. The zero-order chi connectivity index (χ0) is 16.7. The minimum atomic E-state index is -1.08. The molecule has 120 valence electrons. The van der Waals surface area contributed by atoms with Crippen LogP contribution in [-0.2, 0) is 9.53 Å². The SMILES string of the molecule is COC(=O)[C@@H]1Oc2cc(C)oc(=O)c2[C@@H]1c1ccc(O)c(O)c1. The van der Waals surface area contributed by atoms with Crippen LogP contribution >= 0.6 is 0 Å². The number of rotatable bonds is 2. The van der Waals surface area contributed by atoms with Crippen molar-refractivity contribution < 1.29 is 28.9 Å². The quantitative estimate of drug-likeness (QED) is 0.637. The summed E-state index contributed by atoms with van der Waals surface area (Å²) >= 11 is 0. The first-order valence-corrected chi connectivity index (χ1v) is 6.83. The highest BCUT2D eigenvalue weighted by Gasteiger charge is 2.44. The summed E-state index contributed by atoms with van der Waals surface area (Å²) in [5.41, 5.74) is -0.0225. The lowest BCUT2D eigenvalue weighted by Crippen LogP contribution is -2.31. The van der Waals surface area contributed by atoms with Crippen molar-refractivity contribution in [2.45, 2.75) is 18.9 Å². The van der Waals surface area contributed by atoms with E-state index < -0.39 is 23.6 Å². The predicted molar refractivity (Wildman–Crippen MR) is 77.8 cm³/mol. The number of benzene rings is 1. The van der Waals surface area contributed by atoms with Crippen LogP contribution in [0.15, 0.2) is 33.5 Å². The van der Waals surface area contributed by atoms with Crippen LogP contribution in [0.25, 0.3) is 0 Å². The molecule has 2 atom stereocenters. The van der Waals surface area contributed by atoms with E-state index in [0.29, 0.717) is 11.3 Å². The second kappa shape index (κ2) is 5.35. The number of esters is 1. The number of carbonyl (C=O) groups is 1. The molecule has 1 aromatic carbocycles. The fourth-order valence-electron chi connectivity index (χ4n) is 2.70. The maximum Gasteiger partial charge on any atom is 0.348 e. The van der Waals surface area contributed by atoms with Crippen LogP contribution in [0.4, 0.5) is 0 Å². The van der Waals surface area contributed by atoms with E-state index in [-0.39, 0.29) is 22.8 Å². The maximum absolute atomic E-state index is 12.2. The van der Waals surface area contributed by atoms with Gasteiger partial charge in [-0.25, -0.2) is 9.59 Å². The van der Waals surface area contributed by atoms with E-state index in [9.17, 15) is 19.8 Å². The van der Waals surface area contributed by atoms with E-state index in [2.05, 4.69) is 0 Å². The molecule has 0 fully saturated rings. The summed E-state index contributed by atoms with van der Waals surface area (Å²) in [4.78, 5) is 24.2. The van der Waals surface area contributed by atoms with Crippen molar-refractivity contribution in [3.63, 3.8) is 0 Å². The topological polar surface area (TPSA) is 106 Å². The molecule has 7 heteroatoms. The van der Waals surface area contributed by atoms with E-state index >= 15 is 0 Å². The lowest BCUT2D eigenvalue weighted by molar-refractivity contribution is -0.148. The molecule has 0 bridgehead atoms. The summed E-state index contributed by atoms with van der Waals surface area (Å²) in [6.07, 6.45) is -1.08. The van der Waals surface area contributed by atoms with Gasteiger partial charge in [0.1, 0.15) is 11.5 Å². The Morgan fingerprint density at radius 2 is 1.96 bits per heavy atom. The van der Waals surface area contributed by atoms with Gasteiger partial charge in [-0.15, -0.1) is 0 Å². The predicted octanol–water partition coefficient (Wildman–Crippen LogP) is 1.43. The van der Waals surface area contributed by atoms with E-state index in [1.807, 2.05) is 0 Å². The van der Waals surface area contributed by atoms with E-state index in [1.54, 1.807) is 6.92 Å². The molecule has 2 heterocycles. The van der Waals surface area contributed by atoms with Gasteiger partial charge in [-0.3, -0.25) is 0 Å². The number of ether oxygens (including phenoxy) is 2. The molecule has 0 radical (unpaired) electrons. The third kappa shape index (κ3) is 2.40. The average Bonchev–Trinajstić information content (AvgIpc) is 2.88. The smallest absolute Gasteiger partial charge is 0.348 e. The Balaban J connectivity index is 2.20. The molecule has 3 rings (SSSR count). The molecule has 0 aliphatic carbocycles. The molecule has 1 aliphatic rings. The monoisotopic (exact) mass is 318 g/mol. The first-order valence-electron chi connectivity index (χ1n) is 6.83. The second-order valence-corrected chi connectivity index (χ2v) is 5.21. The van der Waals surface area contributed by atoms with E-state index in [0.717, 1.165) is 0 Å². The van der Waals surface area contributed by atoms with Crippen molar-refractivity contribution >= 4 is 5.97 Å². The van der Waals surface area contributed by atoms with Crippen molar-refractivity contribution in [1.82, 2.24) is 0 Å². The summed E-state index contributed by atoms with van der Waals surface area (Å²) in [6, 6.07) is 5.56. The first kappa shape index (κ1) is 15.0. The summed E-state index contributed by atoms with van der Waals surface area (Å²) in [7, 11) is 1.22. The third-order valence-corrected chi connectivity index (χ3v) is 3.73. The number of phenols is 2. The van der Waals surface area contributed by atoms with Gasteiger partial charge >= 0.3 is 11.6 Å². The van der Waals surface area contributed by atoms with Crippen molar-refractivity contribution in [3.8, 4) is 17.2 Å². The number of carbonyl (C=O) groups excluding carboxylic acids is 1. The van der Waals surface area contributed by atoms with Crippen molar-refractivity contribution in [1.29, 1.82) is 0 Å². The Labute approximate surface area is 130 Å². The van der Waals surface area contributed by atoms with Crippen LogP contribution in [0, 0.1) is 6.92 Å². The van der Waals surface area contributed by atoms with Gasteiger partial charge < -0.3 is 24.1 Å². The summed E-state index contributed by atoms with van der Waals surface area (Å²) in [5, 5.41) is 19.1. The number of fused-ring (bicyclic) bond motifs is 1. The van der Waals surface area contributed by atoms with Crippen LogP contribution in [0.3, 0.4) is 0 Å². The molecule has 0 saturated carbocycles. The summed E-state index contributed by atoms with van der Waals surface area (Å²) in [5.74, 6) is -1.54. The average molecular weight is 318 g/mol. The molecular formula is C16H14O7. The molecule has 0 spiro atoms. The highest BCUT2D eigenvalue weighted by molar-refractivity contribution is 5.79. The summed E-state index contributed by atoms with van der Waals surface area (Å²) in [6.45, 7) is 1.60. The lowest BCUT2D eigenvalue weighted by Gasteiger charge is -2.17. The zero-order valence-corrected chi connectivity index (χ0v) is 12.4. The largest absolute Gasteiger partial charge is 0.504 e. The molecule has 1 aliphatic heterocycles. The molecular weight excluding hydrogens is 304 g/mol. The molecule has 2 N–H and O–H groups in total. The van der Waals surface area contributed by atoms with Gasteiger partial charge in [0.15, 0.2) is 11.5 Å². The molecule has 2 aromatic rings. The van der Waals surface area contributed by atoms with E-state index in [1.165, 1.54) is 31.4 Å². The number of methoxy groups -OCH3 is 1. The van der Waals surface area contributed by atoms with Gasteiger partial charge in [0.2, 0.25) is 6.10 Å². The summed E-state index contributed by atoms with van der Waals surface area (Å²) < 4.78 is 15.4. The minimum absolute atomic E-state index is 0.177. The molecule has 23 heavy (non-hydrogen) atoms. The fraction of sp³-hybridized carbons (Fsp3) is 0.250. The molecule has 0 amide bonds. The highest BCUT2D eigenvalue weighted by Crippen LogP contribution is 2.42. The van der Waals surface area contributed by atoms with Gasteiger partial charge in [-0.05, 0) is 24.6 Å². The number of phenolic OH excluding ortho intramolecular Hbond substituents is 2. The number of aryl methyl sites for hydroxylation is 1. The minimum Gasteiger partial charge on any atom is -0.504 e. The number of hydrogen-bond acceptors (Lipinski definition) is 7. The van der Waals surface area contributed by atoms with Crippen LogP contribution in [0.2, 0.25) is 0 Å². The molecule has 0 unspecified atom stereocenters. The molecule has 1 aromatic heterocycles. The molecule has 7 nitrogen and oxygen atoms in total. The number of hydrogen-bond donors (Lipinski definition) is 2. The normalized spacial score (nSPS) is 19.0. The van der Waals surface area contributed by atoms with Crippen LogP contribution in [0.1, 0.15) is 22.8 Å². The number of aromatic hydroxyl groups is 2. The fourth-order valence-corrected chi connectivity index (χ4v) is 2.70. The van der Waals surface area contributed by atoms with E-state index in [4.69, 9.17) is 13.9 Å². The van der Waals surface area contributed by atoms with Crippen LogP contribution < -0.4 is 10.4 Å². The Hall–Kier alpha value is -2.96. The Bertz CT molecular complexity index is 837. The Kier molecular flexibility index (Phi) is 3.48. The van der Waals surface area contributed by atoms with Crippen molar-refractivity contribution in [2.75, 3.05) is 7.11 Å². The Morgan fingerprint density at radius 1 is 1.22 bits per heavy atom. The zero-order valence-electron chi connectivity index (χ0n) is 12.4. The van der Waals surface area contributed by atoms with Gasteiger partial charge in [0, 0.05) is 6.07 Å². The maximum atomic E-state index is 12.2. The van der Waals surface area contributed by atoms with Crippen molar-refractivity contribution in [3.05, 3.63) is 51.6 Å². The second-order valence-electron chi connectivity index (χ2n) is 5.21. The van der Waals surface area contributed by atoms with Crippen LogP contribution in [0.5, 0.6) is 17.2 Å². The van der Waals surface area contributed by atoms with Gasteiger partial charge in [-0.2, -0.15) is 0 Å². The Morgan fingerprint density at radius 3 is 2.61 bits per heavy atom. The van der Waals surface area contributed by atoms with Gasteiger partial charge in [-0.1, -0.05) is 6.07 Å². The van der Waals surface area contributed by atoms with Crippen LogP contribution in [-0.4, -0.2) is 29.4 Å². The van der Waals surface area contributed by atoms with Gasteiger partial charge in [0.25, 0.3) is 0 Å². The standard InChI is InChI=1S/C16H14O7/c1-7-5-11-13(15(19)22-7)12(14(23-11)16(20)21-2)8-3-4-9(17)10(18)6-8/h3-6,12,14,17-18H,1-2H3/t12-,14+/m0/s1. The van der Waals surface area contributed by atoms with Gasteiger partial charge in [0.05, 0.1) is 18.6 Å². The molecule has 0 saturated heterocycles. The highest BCUT2D eigenvalue weighted by atomic mass is 16.6. The third-order valence-electron chi connectivity index (χ3n) is 3.73. The van der Waals surface area contributed by atoms with Crippen molar-refractivity contribution in [2.24, 2.45) is 0 Å². The lowest BCUT2D eigenvalue weighted by atomic mass is 9.88.